The van der Waals surface area contributed by atoms with Crippen molar-refractivity contribution in [3.63, 3.8) is 0 Å². The second kappa shape index (κ2) is 45.2. The normalized spacial score (nSPS) is 25.9. The topological polar surface area (TPSA) is 228 Å². The van der Waals surface area contributed by atoms with E-state index in [0.29, 0.717) is 12.8 Å². The van der Waals surface area contributed by atoms with Crippen LogP contribution in [0.2, 0.25) is 0 Å². The number of aliphatic hydroxyl groups is 8. The SMILES string of the molecule is CC/C=C\C/C=C\C/C=C\C/C=C\CCCCCCCCCCCCC(=O)NC(COC1OC(CO)C(OC2OC(CO)C(O)C(O)C2O)C(O)C1O)C(O)/C=C/CC/C=C/CC/C=C/CCCCCCCCC. The summed E-state index contributed by atoms with van der Waals surface area (Å²) in [5.41, 5.74) is 0. The molecule has 0 spiro atoms. The van der Waals surface area contributed by atoms with E-state index in [0.717, 1.165) is 77.0 Å². The standard InChI is InChI=1S/C60H103NO13/c1-3-5-7-9-11-13-15-17-19-21-22-23-24-25-26-28-30-32-34-36-38-40-42-44-52(65)61-48(49(64)43-41-39-37-35-33-31-29-27-20-18-16-14-12-10-8-6-4-2)47-71-59-57(70)55(68)58(51(46-63)73-59)74-60-56(69)54(67)53(66)50(45-62)72-60/h5,7,11,13,17,19-20,22-23,27,33,35,41,43,48-51,53-60,62-64,66-70H,3-4,6,8-10,12,14-16,18,21,24-26,28-32,34,36-40,42,44-47H2,1-2H3,(H,61,65)/b7-5-,13-11-,19-17-,23-22-,27-20+,35-33+,43-41+. The molecule has 2 fully saturated rings. The zero-order chi connectivity index (χ0) is 53.9. The summed E-state index contributed by atoms with van der Waals surface area (Å²) in [6, 6.07) is -0.945. The summed E-state index contributed by atoms with van der Waals surface area (Å²) < 4.78 is 22.7. The summed E-state index contributed by atoms with van der Waals surface area (Å²) >= 11 is 0. The van der Waals surface area contributed by atoms with Crippen molar-refractivity contribution in [3.8, 4) is 0 Å². The van der Waals surface area contributed by atoms with Crippen molar-refractivity contribution < 1.29 is 64.6 Å². The minimum atomic E-state index is -1.80. The Bertz CT molecular complexity index is 1560. The Balaban J connectivity index is 1.80. The maximum atomic E-state index is 13.2. The number of amides is 1. The second-order valence-corrected chi connectivity index (χ2v) is 20.0. The summed E-state index contributed by atoms with van der Waals surface area (Å²) in [5, 5.41) is 87.0. The number of rotatable bonds is 44. The van der Waals surface area contributed by atoms with Gasteiger partial charge >= 0.3 is 0 Å². The molecule has 0 aromatic rings. The molecule has 0 aromatic carbocycles. The van der Waals surface area contributed by atoms with Gasteiger partial charge in [0.05, 0.1) is 32.0 Å². The lowest BCUT2D eigenvalue weighted by Crippen LogP contribution is -2.65. The summed E-state index contributed by atoms with van der Waals surface area (Å²) in [7, 11) is 0. The summed E-state index contributed by atoms with van der Waals surface area (Å²) in [6.07, 6.45) is 43.3. The van der Waals surface area contributed by atoms with Crippen molar-refractivity contribution in [1.29, 1.82) is 0 Å². The third-order valence-electron chi connectivity index (χ3n) is 13.5. The van der Waals surface area contributed by atoms with Gasteiger partial charge < -0.3 is 65.1 Å². The fourth-order valence-electron chi connectivity index (χ4n) is 8.90. The molecule has 0 radical (unpaired) electrons. The van der Waals surface area contributed by atoms with E-state index in [-0.39, 0.29) is 18.9 Å². The third-order valence-corrected chi connectivity index (χ3v) is 13.5. The van der Waals surface area contributed by atoms with Crippen molar-refractivity contribution in [1.82, 2.24) is 5.32 Å². The van der Waals surface area contributed by atoms with E-state index < -0.39 is 86.8 Å². The number of hydrogen-bond acceptors (Lipinski definition) is 13. The lowest BCUT2D eigenvalue weighted by atomic mass is 9.97. The molecule has 2 rings (SSSR count). The van der Waals surface area contributed by atoms with Crippen LogP contribution in [0.1, 0.15) is 194 Å². The zero-order valence-corrected chi connectivity index (χ0v) is 45.6. The van der Waals surface area contributed by atoms with Crippen LogP contribution in [0.25, 0.3) is 0 Å². The molecule has 2 aliphatic heterocycles. The molecule has 2 aliphatic rings. The van der Waals surface area contributed by atoms with Gasteiger partial charge in [0.25, 0.3) is 0 Å². The highest BCUT2D eigenvalue weighted by Crippen LogP contribution is 2.30. The largest absolute Gasteiger partial charge is 0.394 e. The van der Waals surface area contributed by atoms with Gasteiger partial charge in [-0.3, -0.25) is 4.79 Å². The fraction of sp³-hybridized carbons (Fsp3) is 0.750. The lowest BCUT2D eigenvalue weighted by Gasteiger charge is -2.46. The molecule has 1 amide bonds. The molecule has 74 heavy (non-hydrogen) atoms. The predicted octanol–water partition coefficient (Wildman–Crippen LogP) is 9.33. The third kappa shape index (κ3) is 30.8. The Labute approximate surface area is 446 Å². The minimum Gasteiger partial charge on any atom is -0.394 e. The van der Waals surface area contributed by atoms with Gasteiger partial charge in [0.15, 0.2) is 12.6 Å². The highest BCUT2D eigenvalue weighted by Gasteiger charge is 2.51. The van der Waals surface area contributed by atoms with Gasteiger partial charge in [-0.1, -0.05) is 189 Å². The Hall–Kier alpha value is -2.83. The summed E-state index contributed by atoms with van der Waals surface area (Å²) in [6.45, 7) is 2.64. The van der Waals surface area contributed by atoms with Crippen LogP contribution >= 0.6 is 0 Å². The molecule has 0 aromatic heterocycles. The number of ether oxygens (including phenoxy) is 4. The van der Waals surface area contributed by atoms with Gasteiger partial charge in [0, 0.05) is 6.42 Å². The van der Waals surface area contributed by atoms with E-state index >= 15 is 0 Å². The van der Waals surface area contributed by atoms with Crippen molar-refractivity contribution in [2.45, 2.75) is 267 Å². The molecule has 12 atom stereocenters. The highest BCUT2D eigenvalue weighted by molar-refractivity contribution is 5.76. The van der Waals surface area contributed by atoms with Crippen LogP contribution < -0.4 is 5.32 Å². The van der Waals surface area contributed by atoms with Gasteiger partial charge in [-0.05, 0) is 83.5 Å². The van der Waals surface area contributed by atoms with Crippen LogP contribution in [0.3, 0.4) is 0 Å². The second-order valence-electron chi connectivity index (χ2n) is 20.0. The Kier molecular flexibility index (Phi) is 41.1. The monoisotopic (exact) mass is 1050 g/mol. The Morgan fingerprint density at radius 3 is 1.49 bits per heavy atom. The number of carbonyl (C=O) groups is 1. The van der Waals surface area contributed by atoms with E-state index in [1.807, 2.05) is 6.08 Å². The number of nitrogens with one attached hydrogen (secondary N) is 1. The smallest absolute Gasteiger partial charge is 0.220 e. The van der Waals surface area contributed by atoms with Crippen molar-refractivity contribution >= 4 is 5.91 Å². The number of hydrogen-bond donors (Lipinski definition) is 9. The van der Waals surface area contributed by atoms with Gasteiger partial charge in [0.2, 0.25) is 5.91 Å². The Morgan fingerprint density at radius 2 is 0.946 bits per heavy atom. The first-order chi connectivity index (χ1) is 36.1. The molecule has 14 nitrogen and oxygen atoms in total. The average molecular weight is 1050 g/mol. The molecule has 0 aliphatic carbocycles. The van der Waals surface area contributed by atoms with Crippen molar-refractivity contribution in [2.24, 2.45) is 0 Å². The minimum absolute atomic E-state index is 0.260. The van der Waals surface area contributed by atoms with Crippen LogP contribution in [0.5, 0.6) is 0 Å². The van der Waals surface area contributed by atoms with Crippen LogP contribution in [0.15, 0.2) is 85.1 Å². The molecule has 426 valence electrons. The van der Waals surface area contributed by atoms with Gasteiger partial charge in [-0.2, -0.15) is 0 Å². The molecule has 2 saturated heterocycles. The van der Waals surface area contributed by atoms with Crippen LogP contribution in [-0.4, -0.2) is 140 Å². The maximum absolute atomic E-state index is 13.2. The van der Waals surface area contributed by atoms with E-state index in [1.54, 1.807) is 6.08 Å². The molecule has 14 heteroatoms. The number of allylic oxidation sites excluding steroid dienone is 13. The first-order valence-electron chi connectivity index (χ1n) is 28.8. The summed E-state index contributed by atoms with van der Waals surface area (Å²) in [5.74, 6) is -0.262. The van der Waals surface area contributed by atoms with Gasteiger partial charge in [0.1, 0.15) is 48.8 Å². The van der Waals surface area contributed by atoms with Crippen LogP contribution in [0, 0.1) is 0 Å². The van der Waals surface area contributed by atoms with Gasteiger partial charge in [-0.15, -0.1) is 0 Å². The van der Waals surface area contributed by atoms with Gasteiger partial charge in [-0.25, -0.2) is 0 Å². The molecule has 2 heterocycles. The Morgan fingerprint density at radius 1 is 0.500 bits per heavy atom. The molecular weight excluding hydrogens is 943 g/mol. The number of unbranched alkanes of at least 4 members (excludes halogenated alkanes) is 19. The molecular formula is C60H103NO13. The fourth-order valence-corrected chi connectivity index (χ4v) is 8.90. The van der Waals surface area contributed by atoms with E-state index in [1.165, 1.54) is 83.5 Å². The van der Waals surface area contributed by atoms with Crippen LogP contribution in [0.4, 0.5) is 0 Å². The molecule has 0 bridgehead atoms. The van der Waals surface area contributed by atoms with Crippen LogP contribution in [-0.2, 0) is 23.7 Å². The quantitative estimate of drug-likeness (QED) is 0.0205. The maximum Gasteiger partial charge on any atom is 0.220 e. The van der Waals surface area contributed by atoms with Crippen molar-refractivity contribution in [3.05, 3.63) is 85.1 Å². The number of carbonyl (C=O) groups excluding carboxylic acids is 1. The van der Waals surface area contributed by atoms with Crippen molar-refractivity contribution in [2.75, 3.05) is 19.8 Å². The van der Waals surface area contributed by atoms with E-state index in [4.69, 9.17) is 18.9 Å². The molecule has 12 unspecified atom stereocenters. The molecule has 0 saturated carbocycles. The number of aliphatic hydroxyl groups excluding tert-OH is 8. The average Bonchev–Trinajstić information content (AvgIpc) is 3.40. The highest BCUT2D eigenvalue weighted by atomic mass is 16.7. The molecule has 9 N–H and O–H groups in total. The predicted molar refractivity (Wildman–Crippen MR) is 295 cm³/mol. The summed E-state index contributed by atoms with van der Waals surface area (Å²) in [4.78, 5) is 13.2. The first kappa shape index (κ1) is 67.3. The first-order valence-corrected chi connectivity index (χ1v) is 28.8. The van der Waals surface area contributed by atoms with E-state index in [9.17, 15) is 45.6 Å². The lowest BCUT2D eigenvalue weighted by molar-refractivity contribution is -0.359. The zero-order valence-electron chi connectivity index (χ0n) is 45.6. The van der Waals surface area contributed by atoms with E-state index in [2.05, 4.69) is 92.1 Å².